The molecule has 2 aliphatic heterocycles. The van der Waals surface area contributed by atoms with Crippen LogP contribution in [0.15, 0.2) is 35.6 Å². The van der Waals surface area contributed by atoms with Crippen LogP contribution < -0.4 is 15.8 Å². The van der Waals surface area contributed by atoms with Gasteiger partial charge in [-0.1, -0.05) is 11.8 Å². The highest BCUT2D eigenvalue weighted by Crippen LogP contribution is 2.50. The van der Waals surface area contributed by atoms with Gasteiger partial charge in [-0.25, -0.2) is 14.4 Å². The number of aromatic nitrogens is 2. The van der Waals surface area contributed by atoms with Gasteiger partial charge in [-0.2, -0.15) is 0 Å². The predicted octanol–water partition coefficient (Wildman–Crippen LogP) is 3.09. The molecule has 1 atom stereocenters. The van der Waals surface area contributed by atoms with E-state index in [1.54, 1.807) is 17.8 Å². The lowest BCUT2D eigenvalue weighted by atomic mass is 9.79. The van der Waals surface area contributed by atoms with Crippen LogP contribution in [0.5, 0.6) is 5.88 Å². The van der Waals surface area contributed by atoms with E-state index < -0.39 is 17.3 Å². The van der Waals surface area contributed by atoms with Gasteiger partial charge in [0.1, 0.15) is 11.5 Å². The molecule has 2 aliphatic rings. The molecule has 31 heavy (non-hydrogen) atoms. The number of halogens is 1. The number of ether oxygens (including phenoxy) is 2. The van der Waals surface area contributed by atoms with Gasteiger partial charge in [0.2, 0.25) is 5.88 Å². The SMILES string of the molecule is COc1cnc(C(=O)Nc2ccc(F)c(C3(C)CC4(CCOCC4)SC(N)=N3)c2)cn1. The molecule has 3 N–H and O–H groups in total. The molecular weight excluding hydrogens is 421 g/mol. The number of thioether (sulfide) groups is 1. The quantitative estimate of drug-likeness (QED) is 0.744. The maximum atomic E-state index is 14.9. The number of nitrogens with one attached hydrogen (secondary N) is 1. The van der Waals surface area contributed by atoms with Gasteiger partial charge < -0.3 is 20.5 Å². The number of amides is 1. The molecule has 1 unspecified atom stereocenters. The first kappa shape index (κ1) is 21.5. The van der Waals surface area contributed by atoms with Crippen LogP contribution >= 0.6 is 11.8 Å². The summed E-state index contributed by atoms with van der Waals surface area (Å²) < 4.78 is 25.3. The highest BCUT2D eigenvalue weighted by atomic mass is 32.2. The van der Waals surface area contributed by atoms with Crippen LogP contribution in [0.2, 0.25) is 0 Å². The Balaban J connectivity index is 1.61. The fourth-order valence-electron chi connectivity index (χ4n) is 4.12. The average molecular weight is 446 g/mol. The van der Waals surface area contributed by atoms with Gasteiger partial charge >= 0.3 is 0 Å². The monoisotopic (exact) mass is 445 g/mol. The number of carbonyl (C=O) groups is 1. The Morgan fingerprint density at radius 3 is 2.74 bits per heavy atom. The van der Waals surface area contributed by atoms with Crippen molar-refractivity contribution in [3.63, 3.8) is 0 Å². The minimum atomic E-state index is -0.850. The number of methoxy groups -OCH3 is 1. The molecule has 1 aromatic heterocycles. The summed E-state index contributed by atoms with van der Waals surface area (Å²) >= 11 is 1.56. The van der Waals surface area contributed by atoms with Crippen LogP contribution in [0.1, 0.15) is 42.2 Å². The van der Waals surface area contributed by atoms with E-state index in [-0.39, 0.29) is 10.4 Å². The van der Waals surface area contributed by atoms with Crippen molar-refractivity contribution in [2.24, 2.45) is 10.7 Å². The molecule has 3 heterocycles. The van der Waals surface area contributed by atoms with Crippen LogP contribution in [0.3, 0.4) is 0 Å². The van der Waals surface area contributed by atoms with Gasteiger partial charge in [0.05, 0.1) is 25.0 Å². The third-order valence-electron chi connectivity index (χ3n) is 5.62. The Morgan fingerprint density at radius 1 is 1.29 bits per heavy atom. The molecule has 8 nitrogen and oxygen atoms in total. The number of amidine groups is 1. The van der Waals surface area contributed by atoms with E-state index in [4.69, 9.17) is 15.2 Å². The van der Waals surface area contributed by atoms with E-state index in [0.29, 0.717) is 41.9 Å². The van der Waals surface area contributed by atoms with Crippen LogP contribution in [-0.4, -0.2) is 46.1 Å². The van der Waals surface area contributed by atoms with Gasteiger partial charge in [-0.15, -0.1) is 0 Å². The third kappa shape index (κ3) is 4.49. The standard InChI is InChI=1S/C21H24FN5O3S/c1-20(12-21(31-19(23)27-20)5-7-30-8-6-21)14-9-13(3-4-15(14)22)26-18(28)16-10-25-17(29-2)11-24-16/h3-4,9-11H,5-8,12H2,1-2H3,(H2,23,27)(H,26,28). The second-order valence-corrected chi connectivity index (χ2v) is 9.38. The number of carbonyl (C=O) groups excluding carboxylic acids is 1. The number of aliphatic imine (C=N–C) groups is 1. The summed E-state index contributed by atoms with van der Waals surface area (Å²) in [7, 11) is 1.47. The van der Waals surface area contributed by atoms with Gasteiger partial charge in [0, 0.05) is 29.2 Å². The van der Waals surface area contributed by atoms with Crippen LogP contribution in [0.25, 0.3) is 0 Å². The predicted molar refractivity (Wildman–Crippen MR) is 117 cm³/mol. The number of nitrogens with two attached hydrogens (primary N) is 1. The van der Waals surface area contributed by atoms with E-state index >= 15 is 0 Å². The first-order valence-corrected chi connectivity index (χ1v) is 10.7. The molecule has 0 saturated carbocycles. The Labute approximate surface area is 183 Å². The lowest BCUT2D eigenvalue weighted by Gasteiger charge is -2.45. The summed E-state index contributed by atoms with van der Waals surface area (Å²) in [6, 6.07) is 4.45. The molecule has 1 saturated heterocycles. The van der Waals surface area contributed by atoms with Gasteiger partial charge in [0.15, 0.2) is 5.17 Å². The molecule has 1 fully saturated rings. The van der Waals surface area contributed by atoms with Crippen molar-refractivity contribution in [3.05, 3.63) is 47.7 Å². The zero-order valence-electron chi connectivity index (χ0n) is 17.4. The van der Waals surface area contributed by atoms with Crippen molar-refractivity contribution in [1.29, 1.82) is 0 Å². The van der Waals surface area contributed by atoms with Crippen molar-refractivity contribution in [3.8, 4) is 5.88 Å². The summed E-state index contributed by atoms with van der Waals surface area (Å²) in [5.74, 6) is -0.544. The first-order valence-electron chi connectivity index (χ1n) is 9.92. The summed E-state index contributed by atoms with van der Waals surface area (Å²) in [5, 5.41) is 3.19. The van der Waals surface area contributed by atoms with E-state index in [0.717, 1.165) is 12.8 Å². The van der Waals surface area contributed by atoms with E-state index in [9.17, 15) is 9.18 Å². The largest absolute Gasteiger partial charge is 0.480 e. The molecule has 164 valence electrons. The number of rotatable bonds is 4. The molecular formula is C21H24FN5O3S. The zero-order chi connectivity index (χ0) is 22.1. The summed E-state index contributed by atoms with van der Waals surface area (Å²) in [6.45, 7) is 3.19. The first-order chi connectivity index (χ1) is 14.8. The Kier molecular flexibility index (Phi) is 5.85. The van der Waals surface area contributed by atoms with E-state index in [1.807, 2.05) is 6.92 Å². The number of nitrogens with zero attached hydrogens (tertiary/aromatic N) is 3. The minimum Gasteiger partial charge on any atom is -0.480 e. The molecule has 4 rings (SSSR count). The maximum absolute atomic E-state index is 14.9. The number of hydrogen-bond donors (Lipinski definition) is 2. The fraction of sp³-hybridized carbons (Fsp3) is 0.429. The van der Waals surface area contributed by atoms with E-state index in [2.05, 4.69) is 20.3 Å². The van der Waals surface area contributed by atoms with Crippen molar-refractivity contribution in [1.82, 2.24) is 9.97 Å². The summed E-state index contributed by atoms with van der Waals surface area (Å²) in [6.07, 6.45) is 4.97. The molecule has 1 amide bonds. The fourth-order valence-corrected chi connectivity index (χ4v) is 5.53. The zero-order valence-corrected chi connectivity index (χ0v) is 18.2. The Bertz CT molecular complexity index is 1010. The van der Waals surface area contributed by atoms with Gasteiger partial charge in [-0.05, 0) is 44.4 Å². The minimum absolute atomic E-state index is 0.121. The normalized spacial score (nSPS) is 22.6. The van der Waals surface area contributed by atoms with Crippen molar-refractivity contribution in [2.45, 2.75) is 36.5 Å². The molecule has 10 heteroatoms. The molecule has 2 aromatic rings. The molecule has 0 aliphatic carbocycles. The Hall–Kier alpha value is -2.72. The van der Waals surface area contributed by atoms with Crippen molar-refractivity contribution < 1.29 is 18.7 Å². The second-order valence-electron chi connectivity index (χ2n) is 7.89. The van der Waals surface area contributed by atoms with Crippen LogP contribution in [-0.2, 0) is 10.3 Å². The summed E-state index contributed by atoms with van der Waals surface area (Å²) in [4.78, 5) is 25.2. The Morgan fingerprint density at radius 2 is 2.06 bits per heavy atom. The smallest absolute Gasteiger partial charge is 0.275 e. The molecule has 0 bridgehead atoms. The molecule has 0 radical (unpaired) electrons. The lowest BCUT2D eigenvalue weighted by molar-refractivity contribution is 0.0690. The van der Waals surface area contributed by atoms with Crippen LogP contribution in [0, 0.1) is 5.82 Å². The molecule has 1 aromatic carbocycles. The van der Waals surface area contributed by atoms with Gasteiger partial charge in [-0.3, -0.25) is 9.79 Å². The van der Waals surface area contributed by atoms with Crippen LogP contribution in [0.4, 0.5) is 10.1 Å². The summed E-state index contributed by atoms with van der Waals surface area (Å²) in [5.41, 5.74) is 6.27. The number of benzene rings is 1. The second kappa shape index (κ2) is 8.43. The number of hydrogen-bond acceptors (Lipinski definition) is 8. The van der Waals surface area contributed by atoms with Crippen molar-refractivity contribution >= 4 is 28.5 Å². The van der Waals surface area contributed by atoms with Crippen molar-refractivity contribution in [2.75, 3.05) is 25.6 Å². The lowest BCUT2D eigenvalue weighted by Crippen LogP contribution is -2.45. The maximum Gasteiger partial charge on any atom is 0.275 e. The molecule has 1 spiro atoms. The highest BCUT2D eigenvalue weighted by Gasteiger charge is 2.46. The topological polar surface area (TPSA) is 112 Å². The van der Waals surface area contributed by atoms with E-state index in [1.165, 1.54) is 31.6 Å². The highest BCUT2D eigenvalue weighted by molar-refractivity contribution is 8.15. The third-order valence-corrected chi connectivity index (χ3v) is 6.91. The number of anilines is 1. The van der Waals surface area contributed by atoms with Gasteiger partial charge in [0.25, 0.3) is 5.91 Å². The average Bonchev–Trinajstić information content (AvgIpc) is 2.74.